The Hall–Kier alpha value is -1.29. The van der Waals surface area contributed by atoms with Gasteiger partial charge in [0.05, 0.1) is 0 Å². The van der Waals surface area contributed by atoms with Crippen LogP contribution < -0.4 is 10.6 Å². The molecule has 0 radical (unpaired) electrons. The molecule has 1 unspecified atom stereocenters. The minimum Gasteiger partial charge on any atom is -0.370 e. The zero-order chi connectivity index (χ0) is 15.3. The molecule has 0 aromatic carbocycles. The maximum atomic E-state index is 12.3. The Labute approximate surface area is 126 Å². The van der Waals surface area contributed by atoms with Gasteiger partial charge < -0.3 is 10.6 Å². The predicted octanol–water partition coefficient (Wildman–Crippen LogP) is 3.72. The second-order valence-corrected chi connectivity index (χ2v) is 6.44. The number of aromatic nitrogens is 1. The SMILES string of the molecule is CCCNc1cc(C(=O)NC(C)C(C)(C)C)cc(Cl)n1. The molecule has 0 bridgehead atoms. The molecule has 1 aromatic heterocycles. The summed E-state index contributed by atoms with van der Waals surface area (Å²) in [5.41, 5.74) is 0.537. The number of rotatable bonds is 5. The summed E-state index contributed by atoms with van der Waals surface area (Å²) in [6, 6.07) is 3.38. The minimum absolute atomic E-state index is 0.00970. The van der Waals surface area contributed by atoms with E-state index < -0.39 is 0 Å². The molecule has 0 saturated heterocycles. The first kappa shape index (κ1) is 16.8. The number of halogens is 1. The summed E-state index contributed by atoms with van der Waals surface area (Å²) >= 11 is 5.97. The first-order valence-electron chi connectivity index (χ1n) is 6.96. The smallest absolute Gasteiger partial charge is 0.251 e. The fourth-order valence-electron chi connectivity index (χ4n) is 1.47. The minimum atomic E-state index is -0.128. The number of amides is 1. The van der Waals surface area contributed by atoms with Crippen LogP contribution in [0.25, 0.3) is 0 Å². The maximum Gasteiger partial charge on any atom is 0.251 e. The lowest BCUT2D eigenvalue weighted by Gasteiger charge is -2.28. The zero-order valence-corrected chi connectivity index (χ0v) is 13.6. The average molecular weight is 298 g/mol. The van der Waals surface area contributed by atoms with E-state index in [1.807, 2.05) is 6.92 Å². The number of pyridine rings is 1. The molecule has 20 heavy (non-hydrogen) atoms. The first-order chi connectivity index (χ1) is 9.24. The van der Waals surface area contributed by atoms with E-state index in [1.54, 1.807) is 12.1 Å². The van der Waals surface area contributed by atoms with Gasteiger partial charge in [0.15, 0.2) is 0 Å². The largest absolute Gasteiger partial charge is 0.370 e. The van der Waals surface area contributed by atoms with Crippen LogP contribution in [-0.4, -0.2) is 23.5 Å². The Bertz CT molecular complexity index is 469. The van der Waals surface area contributed by atoms with E-state index >= 15 is 0 Å². The first-order valence-corrected chi connectivity index (χ1v) is 7.34. The molecule has 1 aromatic rings. The van der Waals surface area contributed by atoms with Gasteiger partial charge in [-0.3, -0.25) is 4.79 Å². The van der Waals surface area contributed by atoms with Crippen LogP contribution in [0.2, 0.25) is 5.15 Å². The summed E-state index contributed by atoms with van der Waals surface area (Å²) in [6.45, 7) is 11.1. The van der Waals surface area contributed by atoms with Gasteiger partial charge in [0.1, 0.15) is 11.0 Å². The molecular weight excluding hydrogens is 274 g/mol. The molecule has 1 heterocycles. The highest BCUT2D eigenvalue weighted by molar-refractivity contribution is 6.29. The van der Waals surface area contributed by atoms with Crippen molar-refractivity contribution in [3.05, 3.63) is 22.8 Å². The van der Waals surface area contributed by atoms with E-state index in [9.17, 15) is 4.79 Å². The molecule has 4 nitrogen and oxygen atoms in total. The Morgan fingerprint density at radius 3 is 2.60 bits per heavy atom. The third-order valence-corrected chi connectivity index (χ3v) is 3.45. The third-order valence-electron chi connectivity index (χ3n) is 3.26. The Kier molecular flexibility index (Phi) is 5.81. The van der Waals surface area contributed by atoms with Gasteiger partial charge in [-0.15, -0.1) is 0 Å². The van der Waals surface area contributed by atoms with Gasteiger partial charge in [-0.25, -0.2) is 4.98 Å². The standard InChI is InChI=1S/C15H24ClN3O/c1-6-7-17-13-9-11(8-12(16)19-13)14(20)18-10(2)15(3,4)5/h8-10H,6-7H2,1-5H3,(H,17,19)(H,18,20). The van der Waals surface area contributed by atoms with Crippen molar-refractivity contribution >= 4 is 23.3 Å². The van der Waals surface area contributed by atoms with Crippen molar-refractivity contribution in [3.63, 3.8) is 0 Å². The number of carbonyl (C=O) groups is 1. The van der Waals surface area contributed by atoms with Crippen LogP contribution in [-0.2, 0) is 0 Å². The van der Waals surface area contributed by atoms with Gasteiger partial charge in [-0.05, 0) is 30.9 Å². The maximum absolute atomic E-state index is 12.3. The summed E-state index contributed by atoms with van der Waals surface area (Å²) in [4.78, 5) is 16.4. The van der Waals surface area contributed by atoms with Crippen LogP contribution in [0.5, 0.6) is 0 Å². The van der Waals surface area contributed by atoms with Crippen molar-refractivity contribution in [2.24, 2.45) is 5.41 Å². The van der Waals surface area contributed by atoms with Crippen molar-refractivity contribution in [1.29, 1.82) is 0 Å². The molecule has 0 aliphatic carbocycles. The monoisotopic (exact) mass is 297 g/mol. The van der Waals surface area contributed by atoms with Crippen LogP contribution in [0.1, 0.15) is 51.4 Å². The number of carbonyl (C=O) groups excluding carboxylic acids is 1. The van der Waals surface area contributed by atoms with Crippen LogP contribution >= 0.6 is 11.6 Å². The predicted molar refractivity (Wildman–Crippen MR) is 84.4 cm³/mol. The second kappa shape index (κ2) is 6.93. The van der Waals surface area contributed by atoms with E-state index in [1.165, 1.54) is 0 Å². The highest BCUT2D eigenvalue weighted by Crippen LogP contribution is 2.20. The zero-order valence-electron chi connectivity index (χ0n) is 12.9. The fraction of sp³-hybridized carbons (Fsp3) is 0.600. The summed E-state index contributed by atoms with van der Waals surface area (Å²) in [5, 5.41) is 6.45. The lowest BCUT2D eigenvalue weighted by atomic mass is 9.88. The molecule has 1 amide bonds. The number of anilines is 1. The average Bonchev–Trinajstić information content (AvgIpc) is 2.34. The van der Waals surface area contributed by atoms with Crippen molar-refractivity contribution in [1.82, 2.24) is 10.3 Å². The molecule has 0 spiro atoms. The molecule has 1 atom stereocenters. The Morgan fingerprint density at radius 2 is 2.05 bits per heavy atom. The van der Waals surface area contributed by atoms with Gasteiger partial charge in [0.25, 0.3) is 5.91 Å². The second-order valence-electron chi connectivity index (χ2n) is 6.05. The van der Waals surface area contributed by atoms with Crippen LogP contribution in [0, 0.1) is 5.41 Å². The Morgan fingerprint density at radius 1 is 1.40 bits per heavy atom. The molecule has 0 aliphatic rings. The van der Waals surface area contributed by atoms with Gasteiger partial charge in [0.2, 0.25) is 0 Å². The summed E-state index contributed by atoms with van der Waals surface area (Å²) in [6.07, 6.45) is 0.983. The fourth-order valence-corrected chi connectivity index (χ4v) is 1.68. The van der Waals surface area contributed by atoms with E-state index in [0.29, 0.717) is 16.5 Å². The van der Waals surface area contributed by atoms with E-state index in [0.717, 1.165) is 13.0 Å². The normalized spacial score (nSPS) is 12.9. The lowest BCUT2D eigenvalue weighted by molar-refractivity contribution is 0.0910. The molecule has 5 heteroatoms. The highest BCUT2D eigenvalue weighted by atomic mass is 35.5. The van der Waals surface area contributed by atoms with Gasteiger partial charge in [-0.1, -0.05) is 39.3 Å². The molecular formula is C15H24ClN3O. The van der Waals surface area contributed by atoms with Crippen LogP contribution in [0.15, 0.2) is 12.1 Å². The number of nitrogens with zero attached hydrogens (tertiary/aromatic N) is 1. The van der Waals surface area contributed by atoms with Crippen molar-refractivity contribution in [2.75, 3.05) is 11.9 Å². The number of nitrogens with one attached hydrogen (secondary N) is 2. The summed E-state index contributed by atoms with van der Waals surface area (Å²) in [5.74, 6) is 0.504. The number of hydrogen-bond donors (Lipinski definition) is 2. The molecule has 1 rings (SSSR count). The Balaban J connectivity index is 2.85. The van der Waals surface area contributed by atoms with Crippen molar-refractivity contribution < 1.29 is 4.79 Å². The van der Waals surface area contributed by atoms with E-state index in [-0.39, 0.29) is 17.4 Å². The van der Waals surface area contributed by atoms with Crippen LogP contribution in [0.4, 0.5) is 5.82 Å². The topological polar surface area (TPSA) is 54.0 Å². The third kappa shape index (κ3) is 5.00. The highest BCUT2D eigenvalue weighted by Gasteiger charge is 2.22. The van der Waals surface area contributed by atoms with Crippen molar-refractivity contribution in [3.8, 4) is 0 Å². The molecule has 0 saturated carbocycles. The van der Waals surface area contributed by atoms with Crippen molar-refractivity contribution in [2.45, 2.75) is 47.1 Å². The summed E-state index contributed by atoms with van der Waals surface area (Å²) in [7, 11) is 0. The molecule has 0 fully saturated rings. The van der Waals surface area contributed by atoms with Gasteiger partial charge >= 0.3 is 0 Å². The lowest BCUT2D eigenvalue weighted by Crippen LogP contribution is -2.41. The molecule has 2 N–H and O–H groups in total. The van der Waals surface area contributed by atoms with E-state index in [2.05, 4.69) is 43.3 Å². The molecule has 112 valence electrons. The van der Waals surface area contributed by atoms with Gasteiger partial charge in [0, 0.05) is 18.2 Å². The molecule has 0 aliphatic heterocycles. The summed E-state index contributed by atoms with van der Waals surface area (Å²) < 4.78 is 0. The van der Waals surface area contributed by atoms with Gasteiger partial charge in [-0.2, -0.15) is 0 Å². The number of hydrogen-bond acceptors (Lipinski definition) is 3. The van der Waals surface area contributed by atoms with E-state index in [4.69, 9.17) is 11.6 Å². The van der Waals surface area contributed by atoms with Crippen LogP contribution in [0.3, 0.4) is 0 Å². The quantitative estimate of drug-likeness (QED) is 0.814.